The molecule has 0 bridgehead atoms. The maximum atomic E-state index is 4.77. The molecule has 0 spiro atoms. The number of halogens is 1. The molecule has 136 valence electrons. The highest BCUT2D eigenvalue weighted by molar-refractivity contribution is 14.0. The van der Waals surface area contributed by atoms with Gasteiger partial charge in [0.15, 0.2) is 5.96 Å². The van der Waals surface area contributed by atoms with Crippen molar-refractivity contribution in [2.75, 3.05) is 19.6 Å². The molecule has 2 unspecified atom stereocenters. The number of aromatic amines is 1. The molecule has 2 N–H and O–H groups in total. The second-order valence-corrected chi connectivity index (χ2v) is 6.48. The molecular weight excluding hydrogens is 425 g/mol. The van der Waals surface area contributed by atoms with Crippen LogP contribution in [0.25, 0.3) is 0 Å². The fraction of sp³-hybridized carbons (Fsp3) is 0.474. The summed E-state index contributed by atoms with van der Waals surface area (Å²) in [7, 11) is 0. The minimum atomic E-state index is 0. The molecule has 0 amide bonds. The number of nitrogens with zero attached hydrogens (tertiary/aromatic N) is 3. The first kappa shape index (κ1) is 19.8. The average molecular weight is 453 g/mol. The zero-order chi connectivity index (χ0) is 16.8. The van der Waals surface area contributed by atoms with E-state index in [9.17, 15) is 0 Å². The number of hydrogen-bond acceptors (Lipinski definition) is 2. The van der Waals surface area contributed by atoms with E-state index in [0.29, 0.717) is 18.4 Å². The van der Waals surface area contributed by atoms with Crippen LogP contribution >= 0.6 is 24.0 Å². The van der Waals surface area contributed by atoms with E-state index in [1.165, 1.54) is 12.0 Å². The Morgan fingerprint density at radius 1 is 1.32 bits per heavy atom. The molecule has 6 heteroatoms. The summed E-state index contributed by atoms with van der Waals surface area (Å²) < 4.78 is 0. The van der Waals surface area contributed by atoms with Gasteiger partial charge in [0.1, 0.15) is 0 Å². The third-order valence-corrected chi connectivity index (χ3v) is 4.73. The van der Waals surface area contributed by atoms with Crippen LogP contribution in [-0.4, -0.2) is 40.7 Å². The predicted octanol–water partition coefficient (Wildman–Crippen LogP) is 3.62. The monoisotopic (exact) mass is 453 g/mol. The van der Waals surface area contributed by atoms with Crippen molar-refractivity contribution in [2.24, 2.45) is 10.9 Å². The van der Waals surface area contributed by atoms with E-state index >= 15 is 0 Å². The van der Waals surface area contributed by atoms with E-state index in [2.05, 4.69) is 64.6 Å². The zero-order valence-electron chi connectivity index (χ0n) is 15.0. The highest BCUT2D eigenvalue weighted by atomic mass is 127. The van der Waals surface area contributed by atoms with Gasteiger partial charge < -0.3 is 10.2 Å². The number of nitrogens with one attached hydrogen (secondary N) is 2. The number of guanidine groups is 1. The van der Waals surface area contributed by atoms with Crippen molar-refractivity contribution in [3.05, 3.63) is 53.9 Å². The van der Waals surface area contributed by atoms with Gasteiger partial charge in [-0.1, -0.05) is 37.3 Å². The maximum absolute atomic E-state index is 4.77. The molecule has 1 aliphatic rings. The molecule has 0 aliphatic carbocycles. The smallest absolute Gasteiger partial charge is 0.194 e. The van der Waals surface area contributed by atoms with E-state index in [0.717, 1.165) is 31.3 Å². The van der Waals surface area contributed by atoms with Gasteiger partial charge >= 0.3 is 0 Å². The second kappa shape index (κ2) is 9.79. The van der Waals surface area contributed by atoms with Crippen molar-refractivity contribution in [3.63, 3.8) is 0 Å². The van der Waals surface area contributed by atoms with Crippen LogP contribution in [0.3, 0.4) is 0 Å². The first-order valence-corrected chi connectivity index (χ1v) is 8.84. The van der Waals surface area contributed by atoms with Crippen LogP contribution in [0.15, 0.2) is 47.6 Å². The molecule has 0 saturated carbocycles. The fourth-order valence-corrected chi connectivity index (χ4v) is 3.49. The van der Waals surface area contributed by atoms with Crippen molar-refractivity contribution < 1.29 is 0 Å². The van der Waals surface area contributed by atoms with Crippen molar-refractivity contribution in [3.8, 4) is 0 Å². The minimum Gasteiger partial charge on any atom is -0.357 e. The molecule has 0 radical (unpaired) electrons. The molecule has 1 aromatic heterocycles. The van der Waals surface area contributed by atoms with Crippen LogP contribution in [0.1, 0.15) is 37.4 Å². The lowest BCUT2D eigenvalue weighted by molar-refractivity contribution is 0.234. The number of aliphatic imine (C=N–C) groups is 1. The molecule has 3 rings (SSSR count). The lowest BCUT2D eigenvalue weighted by atomic mass is 9.82. The average Bonchev–Trinajstić information content (AvgIpc) is 3.13. The fourth-order valence-electron chi connectivity index (χ4n) is 3.49. The zero-order valence-corrected chi connectivity index (χ0v) is 17.3. The molecule has 1 aliphatic heterocycles. The van der Waals surface area contributed by atoms with Crippen LogP contribution in [0.5, 0.6) is 0 Å². The van der Waals surface area contributed by atoms with E-state index in [-0.39, 0.29) is 24.0 Å². The number of rotatable bonds is 4. The van der Waals surface area contributed by atoms with Crippen LogP contribution < -0.4 is 5.32 Å². The number of piperidine rings is 1. The molecule has 5 nitrogen and oxygen atoms in total. The first-order valence-electron chi connectivity index (χ1n) is 8.84. The first-order chi connectivity index (χ1) is 11.8. The standard InChI is InChI=1S/C19H27N5.HI/c1-3-20-19(21-13-17-9-11-22-23-17)24-12-10-18(15(2)14-24)16-7-5-4-6-8-16;/h4-9,11,15,18H,3,10,12-14H2,1-2H3,(H,20,21)(H,22,23);1H. The van der Waals surface area contributed by atoms with Crippen molar-refractivity contribution in [1.82, 2.24) is 20.4 Å². The van der Waals surface area contributed by atoms with Crippen LogP contribution in [0, 0.1) is 5.92 Å². The topological polar surface area (TPSA) is 56.3 Å². The molecule has 2 heterocycles. The maximum Gasteiger partial charge on any atom is 0.194 e. The Labute approximate surface area is 167 Å². The molecule has 25 heavy (non-hydrogen) atoms. The predicted molar refractivity (Wildman–Crippen MR) is 113 cm³/mol. The van der Waals surface area contributed by atoms with Gasteiger partial charge in [-0.15, -0.1) is 24.0 Å². The summed E-state index contributed by atoms with van der Waals surface area (Å²) in [6.07, 6.45) is 2.94. The van der Waals surface area contributed by atoms with Gasteiger partial charge in [-0.05, 0) is 36.8 Å². The quantitative estimate of drug-likeness (QED) is 0.423. The Morgan fingerprint density at radius 2 is 2.12 bits per heavy atom. The molecule has 1 fully saturated rings. The third kappa shape index (κ3) is 5.20. The highest BCUT2D eigenvalue weighted by Crippen LogP contribution is 2.32. The van der Waals surface area contributed by atoms with Crippen molar-refractivity contribution >= 4 is 29.9 Å². The molecule has 2 atom stereocenters. The molecule has 2 aromatic rings. The van der Waals surface area contributed by atoms with Gasteiger partial charge in [-0.25, -0.2) is 4.99 Å². The summed E-state index contributed by atoms with van der Waals surface area (Å²) in [5.41, 5.74) is 2.50. The summed E-state index contributed by atoms with van der Waals surface area (Å²) in [6.45, 7) is 8.06. The summed E-state index contributed by atoms with van der Waals surface area (Å²) in [6, 6.07) is 12.9. The van der Waals surface area contributed by atoms with Gasteiger partial charge in [0.05, 0.1) is 12.2 Å². The van der Waals surface area contributed by atoms with Crippen LogP contribution in [-0.2, 0) is 6.54 Å². The summed E-state index contributed by atoms with van der Waals surface area (Å²) >= 11 is 0. The second-order valence-electron chi connectivity index (χ2n) is 6.48. The number of likely N-dealkylation sites (tertiary alicyclic amines) is 1. The molecular formula is C19H28IN5. The normalized spacial score (nSPS) is 20.9. The van der Waals surface area contributed by atoms with Gasteiger partial charge in [0.2, 0.25) is 0 Å². The molecule has 1 aromatic carbocycles. The summed E-state index contributed by atoms with van der Waals surface area (Å²) in [5.74, 6) is 2.25. The molecule has 1 saturated heterocycles. The Hall–Kier alpha value is -1.57. The largest absolute Gasteiger partial charge is 0.357 e. The van der Waals surface area contributed by atoms with Gasteiger partial charge in [-0.2, -0.15) is 5.10 Å². The summed E-state index contributed by atoms with van der Waals surface area (Å²) in [4.78, 5) is 7.16. The lowest BCUT2D eigenvalue weighted by Crippen LogP contribution is -2.48. The lowest BCUT2D eigenvalue weighted by Gasteiger charge is -2.39. The SMILES string of the molecule is CCNC(=NCc1ccn[nH]1)N1CCC(c2ccccc2)C(C)C1.I. The van der Waals surface area contributed by atoms with Crippen molar-refractivity contribution in [1.29, 1.82) is 0 Å². The van der Waals surface area contributed by atoms with E-state index < -0.39 is 0 Å². The van der Waals surface area contributed by atoms with Gasteiger partial charge in [0.25, 0.3) is 0 Å². The number of benzene rings is 1. The Bertz CT molecular complexity index is 641. The van der Waals surface area contributed by atoms with E-state index in [4.69, 9.17) is 4.99 Å². The van der Waals surface area contributed by atoms with Crippen molar-refractivity contribution in [2.45, 2.75) is 32.7 Å². The van der Waals surface area contributed by atoms with E-state index in [1.54, 1.807) is 6.20 Å². The Morgan fingerprint density at radius 3 is 2.76 bits per heavy atom. The van der Waals surface area contributed by atoms with E-state index in [1.807, 2.05) is 6.07 Å². The van der Waals surface area contributed by atoms with Gasteiger partial charge in [0, 0.05) is 25.8 Å². The third-order valence-electron chi connectivity index (χ3n) is 4.73. The number of hydrogen-bond donors (Lipinski definition) is 2. The highest BCUT2D eigenvalue weighted by Gasteiger charge is 2.28. The Kier molecular flexibility index (Phi) is 7.74. The Balaban J connectivity index is 0.00000225. The van der Waals surface area contributed by atoms with Crippen LogP contribution in [0.2, 0.25) is 0 Å². The number of aromatic nitrogens is 2. The number of H-pyrrole nitrogens is 1. The minimum absolute atomic E-state index is 0. The summed E-state index contributed by atoms with van der Waals surface area (Å²) in [5, 5.41) is 10.4. The van der Waals surface area contributed by atoms with Crippen LogP contribution in [0.4, 0.5) is 0 Å². The van der Waals surface area contributed by atoms with Gasteiger partial charge in [-0.3, -0.25) is 5.10 Å².